The minimum atomic E-state index is 0.0366. The highest BCUT2D eigenvalue weighted by Crippen LogP contribution is 2.28. The van der Waals surface area contributed by atoms with Crippen molar-refractivity contribution in [3.8, 4) is 17.2 Å². The van der Waals surface area contributed by atoms with E-state index in [9.17, 15) is 0 Å². The zero-order valence-corrected chi connectivity index (χ0v) is 13.0. The van der Waals surface area contributed by atoms with Crippen molar-refractivity contribution in [1.29, 1.82) is 0 Å². The molecule has 21 heavy (non-hydrogen) atoms. The van der Waals surface area contributed by atoms with E-state index in [1.807, 2.05) is 31.2 Å². The summed E-state index contributed by atoms with van der Waals surface area (Å²) in [6, 6.07) is 12.6. The van der Waals surface area contributed by atoms with Crippen molar-refractivity contribution in [3.05, 3.63) is 52.5 Å². The zero-order chi connectivity index (χ0) is 15.2. The molecule has 0 aromatic heterocycles. The number of hydrogen-bond acceptors (Lipinski definition) is 4. The molecule has 2 rings (SSSR count). The maximum Gasteiger partial charge on any atom is 0.171 e. The number of benzene rings is 2. The van der Waals surface area contributed by atoms with Crippen LogP contribution in [-0.4, -0.2) is 17.6 Å². The van der Waals surface area contributed by atoms with E-state index in [1.54, 1.807) is 18.2 Å². The Hall–Kier alpha value is -2.21. The number of oxime groups is 1. The van der Waals surface area contributed by atoms with Crippen molar-refractivity contribution in [2.24, 2.45) is 10.9 Å². The summed E-state index contributed by atoms with van der Waals surface area (Å²) in [6.07, 6.45) is 0. The van der Waals surface area contributed by atoms with Gasteiger partial charge in [-0.3, -0.25) is 0 Å². The Morgan fingerprint density at radius 3 is 2.33 bits per heavy atom. The first-order valence-corrected chi connectivity index (χ1v) is 7.11. The van der Waals surface area contributed by atoms with Crippen molar-refractivity contribution in [1.82, 2.24) is 0 Å². The highest BCUT2D eigenvalue weighted by Gasteiger charge is 2.07. The van der Waals surface area contributed by atoms with E-state index in [0.717, 1.165) is 5.75 Å². The molecule has 3 N–H and O–H groups in total. The Kier molecular flexibility index (Phi) is 5.05. The number of halogens is 1. The van der Waals surface area contributed by atoms with E-state index in [1.165, 1.54) is 0 Å². The second-order valence-electron chi connectivity index (χ2n) is 4.13. The Bertz CT molecular complexity index is 642. The molecule has 0 bridgehead atoms. The Morgan fingerprint density at radius 2 is 1.76 bits per heavy atom. The predicted molar refractivity (Wildman–Crippen MR) is 84.3 cm³/mol. The molecule has 2 aromatic rings. The summed E-state index contributed by atoms with van der Waals surface area (Å²) < 4.78 is 11.8. The molecular weight excluding hydrogens is 336 g/mol. The second kappa shape index (κ2) is 6.99. The lowest BCUT2D eigenvalue weighted by Gasteiger charge is -2.09. The van der Waals surface area contributed by atoms with Gasteiger partial charge in [-0.05, 0) is 65.3 Å². The third-order valence-corrected chi connectivity index (χ3v) is 3.35. The van der Waals surface area contributed by atoms with Crippen LogP contribution in [-0.2, 0) is 0 Å². The predicted octanol–water partition coefficient (Wildman–Crippen LogP) is 3.73. The first kappa shape index (κ1) is 15.2. The normalized spacial score (nSPS) is 11.2. The van der Waals surface area contributed by atoms with E-state index >= 15 is 0 Å². The van der Waals surface area contributed by atoms with Gasteiger partial charge in [-0.25, -0.2) is 0 Å². The van der Waals surface area contributed by atoms with Crippen LogP contribution >= 0.6 is 15.9 Å². The van der Waals surface area contributed by atoms with E-state index < -0.39 is 0 Å². The lowest BCUT2D eigenvalue weighted by molar-refractivity contribution is 0.318. The van der Waals surface area contributed by atoms with Crippen LogP contribution in [0.3, 0.4) is 0 Å². The molecule has 0 heterocycles. The summed E-state index contributed by atoms with van der Waals surface area (Å²) in [5, 5.41) is 11.7. The van der Waals surface area contributed by atoms with Gasteiger partial charge < -0.3 is 20.4 Å². The molecule has 0 radical (unpaired) electrons. The molecule has 2 aromatic carbocycles. The Balaban J connectivity index is 2.14. The summed E-state index contributed by atoms with van der Waals surface area (Å²) in [4.78, 5) is 0. The summed E-state index contributed by atoms with van der Waals surface area (Å²) in [7, 11) is 0. The van der Waals surface area contributed by atoms with Crippen molar-refractivity contribution in [2.45, 2.75) is 6.92 Å². The van der Waals surface area contributed by atoms with E-state index in [-0.39, 0.29) is 5.84 Å². The molecule has 0 saturated heterocycles. The van der Waals surface area contributed by atoms with E-state index in [0.29, 0.717) is 28.1 Å². The van der Waals surface area contributed by atoms with Gasteiger partial charge in [0, 0.05) is 10.0 Å². The smallest absolute Gasteiger partial charge is 0.171 e. The largest absolute Gasteiger partial charge is 0.494 e. The van der Waals surface area contributed by atoms with Gasteiger partial charge in [-0.1, -0.05) is 5.16 Å². The van der Waals surface area contributed by atoms with Crippen LogP contribution in [0.25, 0.3) is 0 Å². The second-order valence-corrected chi connectivity index (χ2v) is 4.99. The number of rotatable bonds is 5. The minimum Gasteiger partial charge on any atom is -0.494 e. The van der Waals surface area contributed by atoms with Gasteiger partial charge in [-0.15, -0.1) is 0 Å². The average Bonchev–Trinajstić information content (AvgIpc) is 2.49. The van der Waals surface area contributed by atoms with Gasteiger partial charge in [0.15, 0.2) is 5.84 Å². The molecule has 0 aliphatic carbocycles. The Morgan fingerprint density at radius 1 is 1.14 bits per heavy atom. The monoisotopic (exact) mass is 350 g/mol. The van der Waals surface area contributed by atoms with Crippen LogP contribution in [0, 0.1) is 0 Å². The van der Waals surface area contributed by atoms with Crippen LogP contribution in [0.4, 0.5) is 0 Å². The van der Waals surface area contributed by atoms with Gasteiger partial charge in [0.2, 0.25) is 0 Å². The fourth-order valence-corrected chi connectivity index (χ4v) is 2.29. The highest BCUT2D eigenvalue weighted by molar-refractivity contribution is 9.10. The molecular formula is C15H15BrN2O3. The molecule has 0 aliphatic heterocycles. The average molecular weight is 351 g/mol. The molecule has 110 valence electrons. The van der Waals surface area contributed by atoms with Gasteiger partial charge in [0.05, 0.1) is 6.61 Å². The molecule has 0 saturated carbocycles. The fourth-order valence-electron chi connectivity index (χ4n) is 1.73. The number of nitrogens with zero attached hydrogens (tertiary/aromatic N) is 1. The first-order valence-electron chi connectivity index (χ1n) is 6.32. The zero-order valence-electron chi connectivity index (χ0n) is 11.4. The van der Waals surface area contributed by atoms with Crippen LogP contribution < -0.4 is 15.2 Å². The van der Waals surface area contributed by atoms with Crippen LogP contribution in [0.15, 0.2) is 52.1 Å². The van der Waals surface area contributed by atoms with E-state index in [2.05, 4.69) is 21.1 Å². The maximum absolute atomic E-state index is 8.69. The molecule has 0 amide bonds. The fraction of sp³-hybridized carbons (Fsp3) is 0.133. The SMILES string of the molecule is CCOc1ccc(Oc2ccc(/C(N)=N/O)c(Br)c2)cc1. The van der Waals surface area contributed by atoms with Crippen molar-refractivity contribution >= 4 is 21.8 Å². The van der Waals surface area contributed by atoms with Gasteiger partial charge in [0.25, 0.3) is 0 Å². The summed E-state index contributed by atoms with van der Waals surface area (Å²) >= 11 is 3.36. The van der Waals surface area contributed by atoms with Crippen molar-refractivity contribution in [2.75, 3.05) is 6.61 Å². The molecule has 0 atom stereocenters. The topological polar surface area (TPSA) is 77.1 Å². The Labute approximate surface area is 131 Å². The van der Waals surface area contributed by atoms with E-state index in [4.69, 9.17) is 20.4 Å². The first-order chi connectivity index (χ1) is 10.1. The van der Waals surface area contributed by atoms with Gasteiger partial charge in [-0.2, -0.15) is 0 Å². The lowest BCUT2D eigenvalue weighted by atomic mass is 10.2. The van der Waals surface area contributed by atoms with Crippen LogP contribution in [0.5, 0.6) is 17.2 Å². The molecule has 0 fully saturated rings. The van der Waals surface area contributed by atoms with Crippen LogP contribution in [0.1, 0.15) is 12.5 Å². The standard InChI is InChI=1S/C15H15BrN2O3/c1-2-20-10-3-5-11(6-4-10)21-12-7-8-13(14(16)9-12)15(17)18-19/h3-9,19H,2H2,1H3,(H2,17,18). The van der Waals surface area contributed by atoms with Crippen molar-refractivity contribution < 1.29 is 14.7 Å². The quantitative estimate of drug-likeness (QED) is 0.372. The minimum absolute atomic E-state index is 0.0366. The van der Waals surface area contributed by atoms with Crippen LogP contribution in [0.2, 0.25) is 0 Å². The highest BCUT2D eigenvalue weighted by atomic mass is 79.9. The number of amidine groups is 1. The molecule has 0 spiro atoms. The summed E-state index contributed by atoms with van der Waals surface area (Å²) in [6.45, 7) is 2.56. The molecule has 6 heteroatoms. The third kappa shape index (κ3) is 3.88. The lowest BCUT2D eigenvalue weighted by Crippen LogP contribution is -2.13. The number of hydrogen-bond donors (Lipinski definition) is 2. The third-order valence-electron chi connectivity index (χ3n) is 2.69. The maximum atomic E-state index is 8.69. The number of ether oxygens (including phenoxy) is 2. The van der Waals surface area contributed by atoms with Gasteiger partial charge in [0.1, 0.15) is 17.2 Å². The summed E-state index contributed by atoms with van der Waals surface area (Å²) in [5.41, 5.74) is 6.15. The number of nitrogens with two attached hydrogens (primary N) is 1. The van der Waals surface area contributed by atoms with Crippen molar-refractivity contribution in [3.63, 3.8) is 0 Å². The molecule has 0 unspecified atom stereocenters. The molecule has 5 nitrogen and oxygen atoms in total. The summed E-state index contributed by atoms with van der Waals surface area (Å²) in [5.74, 6) is 2.17. The molecule has 0 aliphatic rings. The van der Waals surface area contributed by atoms with Gasteiger partial charge >= 0.3 is 0 Å².